The predicted molar refractivity (Wildman–Crippen MR) is 134 cm³/mol. The van der Waals surface area contributed by atoms with Gasteiger partial charge in [-0.2, -0.15) is 0 Å². The van der Waals surface area contributed by atoms with Crippen LogP contribution in [0.5, 0.6) is 5.75 Å². The first-order valence-electron chi connectivity index (χ1n) is 11.6. The van der Waals surface area contributed by atoms with Crippen molar-refractivity contribution in [1.29, 1.82) is 0 Å². The Balaban J connectivity index is 3.35. The quantitative estimate of drug-likeness (QED) is 0.353. The molecular formula is C26H43NO5S. The highest BCUT2D eigenvalue weighted by molar-refractivity contribution is 7.89. The van der Waals surface area contributed by atoms with Gasteiger partial charge in [0.1, 0.15) is 11.4 Å². The summed E-state index contributed by atoms with van der Waals surface area (Å²) in [6, 6.07) is 1.28. The summed E-state index contributed by atoms with van der Waals surface area (Å²) in [5.74, 6) is -0.0649. The molecule has 7 heteroatoms. The van der Waals surface area contributed by atoms with Crippen molar-refractivity contribution in [3.8, 4) is 5.75 Å². The van der Waals surface area contributed by atoms with Crippen LogP contribution >= 0.6 is 0 Å². The average molecular weight is 482 g/mol. The Morgan fingerprint density at radius 1 is 1.09 bits per heavy atom. The molecule has 0 bridgehead atoms. The van der Waals surface area contributed by atoms with Gasteiger partial charge in [0.15, 0.2) is 0 Å². The van der Waals surface area contributed by atoms with Crippen LogP contribution in [0.2, 0.25) is 0 Å². The maximum absolute atomic E-state index is 13.5. The Morgan fingerprint density at radius 2 is 1.67 bits per heavy atom. The summed E-state index contributed by atoms with van der Waals surface area (Å²) in [5, 5.41) is 0. The molecule has 0 unspecified atom stereocenters. The minimum absolute atomic E-state index is 0.0130. The summed E-state index contributed by atoms with van der Waals surface area (Å²) >= 11 is 0. The van der Waals surface area contributed by atoms with Gasteiger partial charge in [-0.05, 0) is 76.1 Å². The summed E-state index contributed by atoms with van der Waals surface area (Å²) in [5.41, 5.74) is 1.50. The zero-order valence-electron chi connectivity index (χ0n) is 22.2. The second-order valence-electron chi connectivity index (χ2n) is 10.2. The number of hydrogen-bond acceptors (Lipinski definition) is 5. The highest BCUT2D eigenvalue weighted by Crippen LogP contribution is 2.31. The number of esters is 1. The number of methoxy groups -OCH3 is 1. The van der Waals surface area contributed by atoms with Crippen LogP contribution in [0, 0.1) is 38.5 Å². The second kappa shape index (κ2) is 11.5. The van der Waals surface area contributed by atoms with E-state index >= 15 is 0 Å². The molecule has 1 aromatic carbocycles. The maximum atomic E-state index is 13.5. The third-order valence-electron chi connectivity index (χ3n) is 5.94. The van der Waals surface area contributed by atoms with Crippen molar-refractivity contribution in [2.75, 3.05) is 7.11 Å². The van der Waals surface area contributed by atoms with Crippen molar-refractivity contribution in [3.05, 3.63) is 34.9 Å². The molecule has 188 valence electrons. The third-order valence-corrected chi connectivity index (χ3v) is 7.69. The van der Waals surface area contributed by atoms with E-state index < -0.39 is 27.6 Å². The number of carbonyl (C=O) groups is 1. The van der Waals surface area contributed by atoms with Gasteiger partial charge in [-0.15, -0.1) is 0 Å². The van der Waals surface area contributed by atoms with E-state index in [1.807, 2.05) is 55.4 Å². The molecule has 0 saturated carbocycles. The molecule has 1 rings (SSSR count). The van der Waals surface area contributed by atoms with E-state index in [2.05, 4.69) is 4.72 Å². The van der Waals surface area contributed by atoms with E-state index in [-0.39, 0.29) is 22.7 Å². The van der Waals surface area contributed by atoms with E-state index in [0.29, 0.717) is 16.9 Å². The van der Waals surface area contributed by atoms with Crippen LogP contribution in [0.15, 0.2) is 23.1 Å². The Morgan fingerprint density at radius 3 is 2.12 bits per heavy atom. The fourth-order valence-electron chi connectivity index (χ4n) is 3.67. The van der Waals surface area contributed by atoms with Gasteiger partial charge < -0.3 is 9.47 Å². The van der Waals surface area contributed by atoms with Crippen molar-refractivity contribution in [1.82, 2.24) is 4.72 Å². The molecular weight excluding hydrogens is 438 g/mol. The van der Waals surface area contributed by atoms with E-state index in [0.717, 1.165) is 12.0 Å². The van der Waals surface area contributed by atoms with Crippen LogP contribution < -0.4 is 9.46 Å². The highest BCUT2D eigenvalue weighted by atomic mass is 32.2. The molecule has 6 nitrogen and oxygen atoms in total. The number of sulfonamides is 1. The molecule has 33 heavy (non-hydrogen) atoms. The van der Waals surface area contributed by atoms with Crippen molar-refractivity contribution in [2.24, 2.45) is 17.8 Å². The zero-order chi connectivity index (χ0) is 25.7. The van der Waals surface area contributed by atoms with Gasteiger partial charge in [0.05, 0.1) is 17.9 Å². The Hall–Kier alpha value is -1.86. The first-order valence-corrected chi connectivity index (χ1v) is 13.1. The molecule has 0 spiro atoms. The summed E-state index contributed by atoms with van der Waals surface area (Å²) < 4.78 is 40.8. The highest BCUT2D eigenvalue weighted by Gasteiger charge is 2.29. The largest absolute Gasteiger partial charge is 0.496 e. The van der Waals surface area contributed by atoms with Crippen LogP contribution in [0.3, 0.4) is 0 Å². The van der Waals surface area contributed by atoms with Crippen LogP contribution in [0.1, 0.15) is 71.6 Å². The van der Waals surface area contributed by atoms with Crippen LogP contribution in [0.4, 0.5) is 0 Å². The number of aryl methyl sites for hydroxylation is 1. The fourth-order valence-corrected chi connectivity index (χ4v) is 5.49. The first-order chi connectivity index (χ1) is 15.1. The van der Waals surface area contributed by atoms with Gasteiger partial charge in [0.25, 0.3) is 0 Å². The van der Waals surface area contributed by atoms with E-state index in [4.69, 9.17) is 9.47 Å². The Bertz CT molecular complexity index is 958. The topological polar surface area (TPSA) is 81.7 Å². The lowest BCUT2D eigenvalue weighted by Gasteiger charge is -2.26. The number of hydrogen-bond donors (Lipinski definition) is 1. The smallest absolute Gasteiger partial charge is 0.313 e. The van der Waals surface area contributed by atoms with Gasteiger partial charge in [-0.1, -0.05) is 46.3 Å². The number of nitrogens with one attached hydrogen (secondary N) is 1. The van der Waals surface area contributed by atoms with Gasteiger partial charge >= 0.3 is 5.97 Å². The van der Waals surface area contributed by atoms with Crippen molar-refractivity contribution in [2.45, 2.75) is 92.2 Å². The number of ether oxygens (including phenoxy) is 2. The molecule has 0 saturated heterocycles. The molecule has 0 aliphatic rings. The molecule has 0 radical (unpaired) electrons. The number of carbonyl (C=O) groups excluding carboxylic acids is 1. The van der Waals surface area contributed by atoms with Gasteiger partial charge in [0.2, 0.25) is 10.0 Å². The molecule has 1 aromatic rings. The van der Waals surface area contributed by atoms with Crippen LogP contribution in [-0.2, 0) is 19.6 Å². The van der Waals surface area contributed by atoms with Crippen LogP contribution in [0.25, 0.3) is 0 Å². The van der Waals surface area contributed by atoms with Crippen molar-refractivity contribution in [3.63, 3.8) is 0 Å². The SMILES string of the molecule is CC[C@H](C)[C@@H](/C=C/[C@H](C(=O)OC(C)(C)C)C(C)C)NS(=O)(=O)c1c(C)cc(OC)c(C)c1C. The summed E-state index contributed by atoms with van der Waals surface area (Å²) in [7, 11) is -2.24. The lowest BCUT2D eigenvalue weighted by Crippen LogP contribution is -2.39. The number of rotatable bonds is 10. The van der Waals surface area contributed by atoms with E-state index in [9.17, 15) is 13.2 Å². The first kappa shape index (κ1) is 29.2. The average Bonchev–Trinajstić information content (AvgIpc) is 2.67. The molecule has 0 fully saturated rings. The lowest BCUT2D eigenvalue weighted by atomic mass is 9.92. The van der Waals surface area contributed by atoms with Crippen molar-refractivity contribution < 1.29 is 22.7 Å². The minimum Gasteiger partial charge on any atom is -0.496 e. The lowest BCUT2D eigenvalue weighted by molar-refractivity contribution is -0.159. The predicted octanol–water partition coefficient (Wildman–Crippen LogP) is 5.48. The number of benzene rings is 1. The molecule has 3 atom stereocenters. The molecule has 0 heterocycles. The van der Waals surface area contributed by atoms with Gasteiger partial charge in [0, 0.05) is 6.04 Å². The van der Waals surface area contributed by atoms with Crippen molar-refractivity contribution >= 4 is 16.0 Å². The minimum atomic E-state index is -3.81. The molecule has 0 aromatic heterocycles. The van der Waals surface area contributed by atoms with Crippen LogP contribution in [-0.4, -0.2) is 33.1 Å². The standard InChI is InChI=1S/C26H43NO5S/c1-12-17(4)22(14-13-21(16(2)3)25(28)32-26(8,9)10)27-33(29,30)24-18(5)15-23(31-11)19(6)20(24)7/h13-17,21-22,27H,12H2,1-11H3/b14-13+/t17-,21-,22+/m0/s1. The van der Waals surface area contributed by atoms with Gasteiger partial charge in [-0.25, -0.2) is 13.1 Å². The molecule has 0 aliphatic carbocycles. The zero-order valence-corrected chi connectivity index (χ0v) is 23.0. The molecule has 0 aliphatic heterocycles. The van der Waals surface area contributed by atoms with Gasteiger partial charge in [-0.3, -0.25) is 4.79 Å². The van der Waals surface area contributed by atoms with E-state index in [1.54, 1.807) is 39.2 Å². The Kier molecular flexibility index (Phi) is 10.2. The van der Waals surface area contributed by atoms with E-state index in [1.165, 1.54) is 0 Å². The monoisotopic (exact) mass is 481 g/mol. The Labute approximate surface area is 201 Å². The summed E-state index contributed by atoms with van der Waals surface area (Å²) in [6.07, 6.45) is 4.37. The summed E-state index contributed by atoms with van der Waals surface area (Å²) in [6.45, 7) is 18.8. The normalized spacial score (nSPS) is 15.5. The second-order valence-corrected chi connectivity index (χ2v) is 11.8. The molecule has 0 amide bonds. The molecule has 1 N–H and O–H groups in total. The third kappa shape index (κ3) is 7.85. The maximum Gasteiger partial charge on any atom is 0.313 e. The fraction of sp³-hybridized carbons (Fsp3) is 0.654. The summed E-state index contributed by atoms with van der Waals surface area (Å²) in [4.78, 5) is 13.0.